The zero-order valence-corrected chi connectivity index (χ0v) is 13.5. The van der Waals surface area contributed by atoms with Gasteiger partial charge in [-0.05, 0) is 44.7 Å². The van der Waals surface area contributed by atoms with Crippen LogP contribution in [0.4, 0.5) is 11.4 Å². The summed E-state index contributed by atoms with van der Waals surface area (Å²) in [5, 5.41) is 7.36. The Kier molecular flexibility index (Phi) is 4.01. The van der Waals surface area contributed by atoms with Crippen molar-refractivity contribution in [3.8, 4) is 5.75 Å². The third kappa shape index (κ3) is 3.12. The van der Waals surface area contributed by atoms with Crippen LogP contribution < -0.4 is 15.4 Å². The molecule has 1 saturated carbocycles. The third-order valence-corrected chi connectivity index (χ3v) is 5.02. The number of benzene rings is 1. The average molecular weight is 288 g/mol. The van der Waals surface area contributed by atoms with Crippen LogP contribution in [-0.2, 0) is 0 Å². The monoisotopic (exact) mass is 288 g/mol. The summed E-state index contributed by atoms with van der Waals surface area (Å²) in [6.45, 7) is 8.66. The second-order valence-electron chi connectivity index (χ2n) is 7.23. The Morgan fingerprint density at radius 2 is 1.86 bits per heavy atom. The molecule has 0 aromatic heterocycles. The molecule has 0 radical (unpaired) electrons. The molecule has 1 aliphatic heterocycles. The van der Waals surface area contributed by atoms with E-state index in [2.05, 4.69) is 49.6 Å². The zero-order valence-electron chi connectivity index (χ0n) is 13.5. The Morgan fingerprint density at radius 1 is 1.14 bits per heavy atom. The van der Waals surface area contributed by atoms with Gasteiger partial charge < -0.3 is 15.4 Å². The lowest BCUT2D eigenvalue weighted by Gasteiger charge is -2.38. The predicted octanol–water partition coefficient (Wildman–Crippen LogP) is 4.51. The van der Waals surface area contributed by atoms with Crippen LogP contribution in [0, 0.1) is 11.3 Å². The molecular formula is C18H28N2O. The molecule has 116 valence electrons. The van der Waals surface area contributed by atoms with Crippen molar-refractivity contribution in [2.45, 2.75) is 52.6 Å². The van der Waals surface area contributed by atoms with Crippen molar-refractivity contribution in [2.24, 2.45) is 11.3 Å². The maximum atomic E-state index is 5.96. The summed E-state index contributed by atoms with van der Waals surface area (Å²) in [5.74, 6) is 1.86. The first-order valence-electron chi connectivity index (χ1n) is 8.35. The summed E-state index contributed by atoms with van der Waals surface area (Å²) in [5.41, 5.74) is 2.73. The Hall–Kier alpha value is -1.38. The van der Waals surface area contributed by atoms with E-state index in [1.165, 1.54) is 31.4 Å². The van der Waals surface area contributed by atoms with E-state index >= 15 is 0 Å². The summed E-state index contributed by atoms with van der Waals surface area (Å²) >= 11 is 0. The van der Waals surface area contributed by atoms with Crippen LogP contribution in [0.2, 0.25) is 0 Å². The highest BCUT2D eigenvalue weighted by Gasteiger charge is 2.36. The summed E-state index contributed by atoms with van der Waals surface area (Å²) < 4.78 is 5.96. The maximum Gasteiger partial charge on any atom is 0.144 e. The molecule has 0 saturated heterocycles. The molecule has 1 heterocycles. The molecule has 3 heteroatoms. The second kappa shape index (κ2) is 5.78. The minimum Gasteiger partial charge on any atom is -0.489 e. The van der Waals surface area contributed by atoms with Crippen LogP contribution in [0.1, 0.15) is 46.5 Å². The highest BCUT2D eigenvalue weighted by atomic mass is 16.5. The largest absolute Gasteiger partial charge is 0.489 e. The standard InChI is InChI=1S/C18H28N2O/c1-13(2)21-16-6-4-5-15-17(16)20-12-18(11-19-15)9-7-14(3)8-10-18/h4-6,13-14,19-20H,7-12H2,1-3H3. The van der Waals surface area contributed by atoms with Gasteiger partial charge in [0.1, 0.15) is 11.4 Å². The summed E-state index contributed by atoms with van der Waals surface area (Å²) in [4.78, 5) is 0. The van der Waals surface area contributed by atoms with Gasteiger partial charge in [-0.1, -0.05) is 25.8 Å². The molecule has 1 aliphatic carbocycles. The number of fused-ring (bicyclic) bond motifs is 1. The van der Waals surface area contributed by atoms with E-state index in [4.69, 9.17) is 4.74 Å². The third-order valence-electron chi connectivity index (χ3n) is 5.02. The molecule has 3 rings (SSSR count). The second-order valence-corrected chi connectivity index (χ2v) is 7.23. The fraction of sp³-hybridized carbons (Fsp3) is 0.667. The quantitative estimate of drug-likeness (QED) is 0.840. The van der Waals surface area contributed by atoms with Crippen LogP contribution >= 0.6 is 0 Å². The number of nitrogens with one attached hydrogen (secondary N) is 2. The minimum absolute atomic E-state index is 0.200. The Labute approximate surface area is 128 Å². The normalized spacial score (nSPS) is 28.5. The molecule has 1 spiro atoms. The fourth-order valence-corrected chi connectivity index (χ4v) is 3.56. The number of anilines is 2. The van der Waals surface area contributed by atoms with E-state index < -0.39 is 0 Å². The maximum absolute atomic E-state index is 5.96. The predicted molar refractivity (Wildman–Crippen MR) is 89.3 cm³/mol. The number of ether oxygens (including phenoxy) is 1. The molecule has 21 heavy (non-hydrogen) atoms. The van der Waals surface area contributed by atoms with E-state index in [1.807, 2.05) is 0 Å². The minimum atomic E-state index is 0.200. The summed E-state index contributed by atoms with van der Waals surface area (Å²) in [6.07, 6.45) is 5.56. The lowest BCUT2D eigenvalue weighted by atomic mass is 9.71. The Balaban J connectivity index is 1.79. The van der Waals surface area contributed by atoms with Gasteiger partial charge in [-0.3, -0.25) is 0 Å². The molecule has 0 atom stereocenters. The lowest BCUT2D eigenvalue weighted by Crippen LogP contribution is -2.38. The van der Waals surface area contributed by atoms with Gasteiger partial charge in [0.2, 0.25) is 0 Å². The smallest absolute Gasteiger partial charge is 0.144 e. The topological polar surface area (TPSA) is 33.3 Å². The highest BCUT2D eigenvalue weighted by molar-refractivity contribution is 5.76. The molecule has 0 amide bonds. The van der Waals surface area contributed by atoms with Crippen molar-refractivity contribution in [2.75, 3.05) is 23.7 Å². The van der Waals surface area contributed by atoms with E-state index in [9.17, 15) is 0 Å². The number of rotatable bonds is 2. The van der Waals surface area contributed by atoms with E-state index in [0.29, 0.717) is 5.41 Å². The van der Waals surface area contributed by atoms with Crippen molar-refractivity contribution in [1.29, 1.82) is 0 Å². The van der Waals surface area contributed by atoms with Crippen molar-refractivity contribution < 1.29 is 4.74 Å². The first kappa shape index (κ1) is 14.6. The zero-order chi connectivity index (χ0) is 14.9. The molecule has 1 fully saturated rings. The molecule has 0 bridgehead atoms. The van der Waals surface area contributed by atoms with E-state index in [0.717, 1.165) is 30.4 Å². The number of para-hydroxylation sites is 1. The van der Waals surface area contributed by atoms with Gasteiger partial charge in [-0.25, -0.2) is 0 Å². The summed E-state index contributed by atoms with van der Waals surface area (Å²) in [7, 11) is 0. The Morgan fingerprint density at radius 3 is 2.57 bits per heavy atom. The number of hydrogen-bond donors (Lipinski definition) is 2. The van der Waals surface area contributed by atoms with Crippen molar-refractivity contribution >= 4 is 11.4 Å². The molecule has 2 aliphatic rings. The lowest BCUT2D eigenvalue weighted by molar-refractivity contribution is 0.185. The van der Waals surface area contributed by atoms with Crippen LogP contribution in [0.25, 0.3) is 0 Å². The SMILES string of the molecule is CC1CCC2(CC1)CNc1cccc(OC(C)C)c1NC2. The summed E-state index contributed by atoms with van der Waals surface area (Å²) in [6, 6.07) is 6.29. The first-order chi connectivity index (χ1) is 10.1. The Bertz CT molecular complexity index is 490. The van der Waals surface area contributed by atoms with Crippen molar-refractivity contribution in [3.05, 3.63) is 18.2 Å². The van der Waals surface area contributed by atoms with Gasteiger partial charge in [-0.15, -0.1) is 0 Å². The van der Waals surface area contributed by atoms with Crippen molar-refractivity contribution in [3.63, 3.8) is 0 Å². The fourth-order valence-electron chi connectivity index (χ4n) is 3.56. The van der Waals surface area contributed by atoms with Gasteiger partial charge >= 0.3 is 0 Å². The molecular weight excluding hydrogens is 260 g/mol. The van der Waals surface area contributed by atoms with Gasteiger partial charge in [0.25, 0.3) is 0 Å². The van der Waals surface area contributed by atoms with E-state index in [1.54, 1.807) is 0 Å². The van der Waals surface area contributed by atoms with Gasteiger partial charge in [0, 0.05) is 18.5 Å². The van der Waals surface area contributed by atoms with Crippen molar-refractivity contribution in [1.82, 2.24) is 0 Å². The molecule has 3 nitrogen and oxygen atoms in total. The first-order valence-corrected chi connectivity index (χ1v) is 8.35. The number of hydrogen-bond acceptors (Lipinski definition) is 3. The van der Waals surface area contributed by atoms with Gasteiger partial charge in [0.05, 0.1) is 11.8 Å². The van der Waals surface area contributed by atoms with Crippen LogP contribution in [0.15, 0.2) is 18.2 Å². The van der Waals surface area contributed by atoms with Crippen LogP contribution in [-0.4, -0.2) is 19.2 Å². The van der Waals surface area contributed by atoms with Gasteiger partial charge in [-0.2, -0.15) is 0 Å². The highest BCUT2D eigenvalue weighted by Crippen LogP contribution is 2.43. The molecule has 1 aromatic carbocycles. The molecule has 0 unspecified atom stereocenters. The molecule has 2 N–H and O–H groups in total. The molecule has 1 aromatic rings. The average Bonchev–Trinajstić information content (AvgIpc) is 2.64. The van der Waals surface area contributed by atoms with Crippen LogP contribution in [0.3, 0.4) is 0 Å². The van der Waals surface area contributed by atoms with Gasteiger partial charge in [0.15, 0.2) is 0 Å². The van der Waals surface area contributed by atoms with Crippen LogP contribution in [0.5, 0.6) is 5.75 Å². The van der Waals surface area contributed by atoms with E-state index in [-0.39, 0.29) is 6.10 Å².